The van der Waals surface area contributed by atoms with Crippen molar-refractivity contribution in [1.29, 1.82) is 0 Å². The van der Waals surface area contributed by atoms with Gasteiger partial charge < -0.3 is 24.8 Å². The molecule has 2 aromatic carbocycles. The molecule has 0 saturated carbocycles. The first-order valence-corrected chi connectivity index (χ1v) is 15.4. The molecule has 4 rings (SSSR count). The molecule has 0 spiro atoms. The monoisotopic (exact) mass is 672 g/mol. The number of hydrogen-bond acceptors (Lipinski definition) is 10. The van der Waals surface area contributed by atoms with Gasteiger partial charge in [0.05, 0.1) is 17.2 Å². The van der Waals surface area contributed by atoms with Crippen LogP contribution in [-0.4, -0.2) is 56.5 Å². The van der Waals surface area contributed by atoms with E-state index in [1.54, 1.807) is 38.1 Å². The van der Waals surface area contributed by atoms with Crippen molar-refractivity contribution >= 4 is 57.8 Å². The maximum atomic E-state index is 14.1. The number of carbonyl (C=O) groups excluding carboxylic acids is 1. The zero-order valence-corrected chi connectivity index (χ0v) is 25.9. The molecule has 4 N–H and O–H groups in total. The molecule has 0 bridgehead atoms. The molecule has 12 nitrogen and oxygen atoms in total. The Morgan fingerprint density at radius 3 is 2.68 bits per heavy atom. The standard InChI is InChI=1S/C26H31BrClN4O8P/c1-14(2)38-23(34)15(3)31-41(36,40-19-11-7-9-16-8-5-6-10-17(16)19)37-13-20-21(33)26(4,28)24(39-20)32-12-18(27)22(29)30-25(32)35/h5-12,14-15,20-21,24,33H,13H2,1-4H3,(H,31,36)(H2,29,30,35)/t15-,20-,21-,24-,26-,41+/m1/s1. The van der Waals surface area contributed by atoms with Crippen LogP contribution in [0.4, 0.5) is 5.82 Å². The Kier molecular flexibility index (Phi) is 9.49. The van der Waals surface area contributed by atoms with E-state index in [1.165, 1.54) is 20.0 Å². The van der Waals surface area contributed by atoms with Crippen molar-refractivity contribution < 1.29 is 33.0 Å². The maximum absolute atomic E-state index is 14.1. The Balaban J connectivity index is 1.60. The predicted octanol–water partition coefficient (Wildman–Crippen LogP) is 4.13. The Hall–Kier alpha value is -2.51. The normalized spacial score (nSPS) is 24.7. The van der Waals surface area contributed by atoms with E-state index in [-0.39, 0.29) is 11.6 Å². The highest BCUT2D eigenvalue weighted by Gasteiger charge is 2.54. The molecule has 1 aliphatic rings. The number of hydrogen-bond donors (Lipinski definition) is 3. The number of halogens is 2. The van der Waals surface area contributed by atoms with Gasteiger partial charge in [-0.25, -0.2) is 9.36 Å². The fourth-order valence-electron chi connectivity index (χ4n) is 4.27. The molecule has 2 heterocycles. The van der Waals surface area contributed by atoms with Gasteiger partial charge in [0.25, 0.3) is 0 Å². The molecular formula is C26H31BrClN4O8P. The highest BCUT2D eigenvalue weighted by molar-refractivity contribution is 9.10. The summed E-state index contributed by atoms with van der Waals surface area (Å²) in [5.41, 5.74) is 4.94. The first kappa shape index (κ1) is 31.4. The van der Waals surface area contributed by atoms with E-state index in [0.29, 0.717) is 9.86 Å². The average Bonchev–Trinajstić information content (AvgIpc) is 3.13. The van der Waals surface area contributed by atoms with Crippen molar-refractivity contribution in [3.05, 3.63) is 63.6 Å². The molecule has 0 aliphatic carbocycles. The number of nitrogen functional groups attached to an aromatic ring is 1. The summed E-state index contributed by atoms with van der Waals surface area (Å²) in [6, 6.07) is 11.4. The smallest absolute Gasteiger partial charge is 0.459 e. The first-order valence-electron chi connectivity index (χ1n) is 12.7. The number of nitrogens with one attached hydrogen (secondary N) is 1. The van der Waals surface area contributed by atoms with Crippen LogP contribution in [0, 0.1) is 0 Å². The summed E-state index contributed by atoms with van der Waals surface area (Å²) in [5.74, 6) is -0.457. The maximum Gasteiger partial charge on any atom is 0.459 e. The van der Waals surface area contributed by atoms with Crippen molar-refractivity contribution in [2.75, 3.05) is 12.3 Å². The molecule has 3 aromatic rings. The van der Waals surface area contributed by atoms with Gasteiger partial charge in [0, 0.05) is 11.6 Å². The third-order valence-corrected chi connectivity index (χ3v) is 8.99. The van der Waals surface area contributed by atoms with E-state index in [4.69, 9.17) is 35.9 Å². The van der Waals surface area contributed by atoms with Crippen LogP contribution in [0.3, 0.4) is 0 Å². The molecule has 222 valence electrons. The minimum Gasteiger partial charge on any atom is -0.462 e. The summed E-state index contributed by atoms with van der Waals surface area (Å²) in [4.78, 5) is 27.3. The van der Waals surface area contributed by atoms with Gasteiger partial charge in [0.2, 0.25) is 0 Å². The van der Waals surface area contributed by atoms with Crippen LogP contribution in [0.2, 0.25) is 0 Å². The van der Waals surface area contributed by atoms with E-state index in [1.807, 2.05) is 18.2 Å². The zero-order chi connectivity index (χ0) is 30.1. The second kappa shape index (κ2) is 12.4. The second-order valence-electron chi connectivity index (χ2n) is 9.99. The number of fused-ring (bicyclic) bond motifs is 1. The van der Waals surface area contributed by atoms with Gasteiger partial charge in [-0.1, -0.05) is 36.4 Å². The van der Waals surface area contributed by atoms with E-state index in [9.17, 15) is 19.3 Å². The van der Waals surface area contributed by atoms with Gasteiger partial charge in [-0.3, -0.25) is 13.9 Å². The van der Waals surface area contributed by atoms with Gasteiger partial charge in [-0.15, -0.1) is 11.6 Å². The van der Waals surface area contributed by atoms with Crippen LogP contribution in [-0.2, 0) is 23.4 Å². The number of alkyl halides is 1. The number of aromatic nitrogens is 2. The van der Waals surface area contributed by atoms with Crippen LogP contribution in [0.5, 0.6) is 5.75 Å². The van der Waals surface area contributed by atoms with Crippen molar-refractivity contribution in [3.63, 3.8) is 0 Å². The highest BCUT2D eigenvalue weighted by atomic mass is 79.9. The lowest BCUT2D eigenvalue weighted by atomic mass is 10.0. The summed E-state index contributed by atoms with van der Waals surface area (Å²) in [7, 11) is -4.33. The van der Waals surface area contributed by atoms with Gasteiger partial charge in [0.1, 0.15) is 34.7 Å². The molecule has 0 radical (unpaired) electrons. The van der Waals surface area contributed by atoms with Crippen molar-refractivity contribution in [1.82, 2.24) is 14.6 Å². The fraction of sp³-hybridized carbons (Fsp3) is 0.423. The number of nitrogens with zero attached hydrogens (tertiary/aromatic N) is 2. The molecule has 0 unspecified atom stereocenters. The summed E-state index contributed by atoms with van der Waals surface area (Å²) < 4.78 is 38.3. The molecule has 15 heteroatoms. The van der Waals surface area contributed by atoms with E-state index in [2.05, 4.69) is 26.0 Å². The molecule has 1 saturated heterocycles. The number of anilines is 1. The Morgan fingerprint density at radius 1 is 1.29 bits per heavy atom. The number of aliphatic hydroxyl groups excluding tert-OH is 1. The largest absolute Gasteiger partial charge is 0.462 e. The Labute approximate surface area is 249 Å². The number of aliphatic hydroxyl groups is 1. The molecular weight excluding hydrogens is 643 g/mol. The van der Waals surface area contributed by atoms with Gasteiger partial charge in [-0.05, 0) is 55.1 Å². The molecule has 6 atom stereocenters. The fourth-order valence-corrected chi connectivity index (χ4v) is 6.39. The highest BCUT2D eigenvalue weighted by Crippen LogP contribution is 2.49. The predicted molar refractivity (Wildman–Crippen MR) is 157 cm³/mol. The second-order valence-corrected chi connectivity index (χ2v) is 13.3. The lowest BCUT2D eigenvalue weighted by Gasteiger charge is -2.27. The quantitative estimate of drug-likeness (QED) is 0.161. The van der Waals surface area contributed by atoms with Gasteiger partial charge in [0.15, 0.2) is 6.23 Å². The summed E-state index contributed by atoms with van der Waals surface area (Å²) in [6.07, 6.45) is -2.78. The van der Waals surface area contributed by atoms with Crippen LogP contribution >= 0.6 is 35.3 Å². The van der Waals surface area contributed by atoms with Crippen molar-refractivity contribution in [3.8, 4) is 5.75 Å². The van der Waals surface area contributed by atoms with Crippen LogP contribution in [0.25, 0.3) is 10.8 Å². The van der Waals surface area contributed by atoms with E-state index >= 15 is 0 Å². The lowest BCUT2D eigenvalue weighted by molar-refractivity contribution is -0.149. The van der Waals surface area contributed by atoms with Crippen LogP contribution in [0.15, 0.2) is 57.9 Å². The summed E-state index contributed by atoms with van der Waals surface area (Å²) >= 11 is 9.87. The van der Waals surface area contributed by atoms with E-state index in [0.717, 1.165) is 9.95 Å². The lowest BCUT2D eigenvalue weighted by Crippen LogP contribution is -2.42. The van der Waals surface area contributed by atoms with Crippen LogP contribution < -0.4 is 21.0 Å². The summed E-state index contributed by atoms with van der Waals surface area (Å²) in [6.45, 7) is 5.82. The Morgan fingerprint density at radius 2 is 1.98 bits per heavy atom. The van der Waals surface area contributed by atoms with Crippen molar-refractivity contribution in [2.45, 2.75) is 63.2 Å². The molecule has 1 fully saturated rings. The Bertz CT molecular complexity index is 1530. The third-order valence-electron chi connectivity index (χ3n) is 6.34. The minimum absolute atomic E-state index is 0.0244. The number of nitrogens with two attached hydrogens (primary N) is 1. The van der Waals surface area contributed by atoms with Crippen molar-refractivity contribution in [2.24, 2.45) is 0 Å². The minimum atomic E-state index is -4.33. The SMILES string of the molecule is CC(C)OC(=O)[C@@H](C)N[P@](=O)(OC[C@H]1O[C@@H](n2cc(Br)c(N)nc2=O)[C@](C)(Cl)[C@@H]1O)Oc1cccc2ccccc12. The number of esters is 1. The number of carbonyl (C=O) groups is 1. The summed E-state index contributed by atoms with van der Waals surface area (Å²) in [5, 5.41) is 15.1. The topological polar surface area (TPSA) is 164 Å². The molecule has 41 heavy (non-hydrogen) atoms. The average molecular weight is 674 g/mol. The van der Waals surface area contributed by atoms with Gasteiger partial charge >= 0.3 is 19.4 Å². The zero-order valence-electron chi connectivity index (χ0n) is 22.7. The van der Waals surface area contributed by atoms with E-state index < -0.39 is 61.5 Å². The third kappa shape index (κ3) is 6.94. The van der Waals surface area contributed by atoms with Gasteiger partial charge in [-0.2, -0.15) is 10.1 Å². The molecule has 0 amide bonds. The first-order chi connectivity index (χ1) is 19.2. The number of rotatable bonds is 10. The number of ether oxygens (including phenoxy) is 2. The molecule has 1 aromatic heterocycles. The van der Waals surface area contributed by atoms with Crippen LogP contribution in [0.1, 0.15) is 33.9 Å². The number of benzene rings is 2. The molecule has 1 aliphatic heterocycles.